The Hall–Kier alpha value is -0.420. The van der Waals surface area contributed by atoms with Gasteiger partial charge in [-0.15, -0.1) is 0 Å². The third-order valence-corrected chi connectivity index (χ3v) is 5.49. The summed E-state index contributed by atoms with van der Waals surface area (Å²) in [5.41, 5.74) is 0. The summed E-state index contributed by atoms with van der Waals surface area (Å²) in [6.07, 6.45) is 5.37. The molecule has 116 valence electrons. The van der Waals surface area contributed by atoms with Crippen LogP contribution in [0, 0.1) is 5.92 Å². The van der Waals surface area contributed by atoms with E-state index in [9.17, 15) is 0 Å². The molecule has 0 radical (unpaired) electrons. The highest BCUT2D eigenvalue weighted by Gasteiger charge is 2.18. The van der Waals surface area contributed by atoms with E-state index < -0.39 is 0 Å². The molecule has 2 unspecified atom stereocenters. The summed E-state index contributed by atoms with van der Waals surface area (Å²) >= 11 is 2.10. The molecule has 2 heterocycles. The zero-order chi connectivity index (χ0) is 14.2. The van der Waals surface area contributed by atoms with Gasteiger partial charge >= 0.3 is 0 Å². The van der Waals surface area contributed by atoms with Crippen molar-refractivity contribution in [2.75, 3.05) is 45.5 Å². The number of guanidine groups is 1. The molecule has 0 aromatic rings. The second kappa shape index (κ2) is 8.78. The van der Waals surface area contributed by atoms with E-state index in [-0.39, 0.29) is 0 Å². The number of nitrogens with one attached hydrogen (secondary N) is 2. The molecule has 2 atom stereocenters. The second-order valence-corrected chi connectivity index (χ2v) is 7.41. The molecule has 0 aliphatic carbocycles. The third-order valence-electron chi connectivity index (χ3n) is 4.10. The SMILES string of the molecule is CCNC(=NCC1CCCN(C)C1)NCC1CCCS1. The summed E-state index contributed by atoms with van der Waals surface area (Å²) in [4.78, 5) is 7.22. The van der Waals surface area contributed by atoms with Gasteiger partial charge in [0.2, 0.25) is 0 Å². The lowest BCUT2D eigenvalue weighted by Gasteiger charge is -2.28. The van der Waals surface area contributed by atoms with Gasteiger partial charge in [0, 0.05) is 31.4 Å². The summed E-state index contributed by atoms with van der Waals surface area (Å²) in [7, 11) is 2.22. The van der Waals surface area contributed by atoms with Crippen molar-refractivity contribution in [2.45, 2.75) is 37.9 Å². The van der Waals surface area contributed by atoms with Crippen LogP contribution in [0.4, 0.5) is 0 Å². The molecule has 2 aliphatic rings. The number of aliphatic imine (C=N–C) groups is 1. The van der Waals surface area contributed by atoms with E-state index in [0.29, 0.717) is 0 Å². The molecule has 4 nitrogen and oxygen atoms in total. The molecule has 0 aromatic carbocycles. The number of piperidine rings is 1. The minimum Gasteiger partial charge on any atom is -0.357 e. The van der Waals surface area contributed by atoms with Crippen LogP contribution < -0.4 is 10.6 Å². The van der Waals surface area contributed by atoms with Gasteiger partial charge in [0.25, 0.3) is 0 Å². The molecule has 5 heteroatoms. The van der Waals surface area contributed by atoms with Crippen molar-refractivity contribution in [3.63, 3.8) is 0 Å². The molecule has 2 fully saturated rings. The number of nitrogens with zero attached hydrogens (tertiary/aromatic N) is 2. The van der Waals surface area contributed by atoms with Gasteiger partial charge in [-0.2, -0.15) is 11.8 Å². The fourth-order valence-corrected chi connectivity index (χ4v) is 4.20. The van der Waals surface area contributed by atoms with E-state index >= 15 is 0 Å². The summed E-state index contributed by atoms with van der Waals surface area (Å²) in [6, 6.07) is 0. The van der Waals surface area contributed by atoms with Gasteiger partial charge < -0.3 is 15.5 Å². The van der Waals surface area contributed by atoms with Crippen molar-refractivity contribution in [1.82, 2.24) is 15.5 Å². The van der Waals surface area contributed by atoms with Gasteiger partial charge in [0.05, 0.1) is 0 Å². The zero-order valence-electron chi connectivity index (χ0n) is 13.0. The fraction of sp³-hybridized carbons (Fsp3) is 0.933. The highest BCUT2D eigenvalue weighted by Crippen LogP contribution is 2.25. The average Bonchev–Trinajstić information content (AvgIpc) is 2.95. The Kier molecular flexibility index (Phi) is 7.00. The van der Waals surface area contributed by atoms with Crippen molar-refractivity contribution in [2.24, 2.45) is 10.9 Å². The lowest BCUT2D eigenvalue weighted by atomic mass is 9.99. The molecule has 2 aliphatic heterocycles. The van der Waals surface area contributed by atoms with Crippen LogP contribution in [0.25, 0.3) is 0 Å². The number of rotatable bonds is 5. The van der Waals surface area contributed by atoms with Crippen LogP contribution in [-0.2, 0) is 0 Å². The van der Waals surface area contributed by atoms with E-state index in [0.717, 1.165) is 36.8 Å². The quantitative estimate of drug-likeness (QED) is 0.599. The minimum atomic E-state index is 0.727. The predicted molar refractivity (Wildman–Crippen MR) is 89.7 cm³/mol. The van der Waals surface area contributed by atoms with E-state index in [2.05, 4.69) is 41.3 Å². The van der Waals surface area contributed by atoms with Gasteiger partial charge in [0.15, 0.2) is 5.96 Å². The third kappa shape index (κ3) is 5.52. The predicted octanol–water partition coefficient (Wildman–Crippen LogP) is 1.78. The first kappa shape index (κ1) is 16.0. The van der Waals surface area contributed by atoms with Crippen LogP contribution in [0.15, 0.2) is 4.99 Å². The molecule has 0 amide bonds. The maximum atomic E-state index is 4.79. The first-order valence-corrected chi connectivity index (χ1v) is 9.15. The topological polar surface area (TPSA) is 39.7 Å². The Morgan fingerprint density at radius 1 is 1.30 bits per heavy atom. The lowest BCUT2D eigenvalue weighted by molar-refractivity contribution is 0.214. The molecule has 2 rings (SSSR count). The lowest BCUT2D eigenvalue weighted by Crippen LogP contribution is -2.41. The Bertz CT molecular complexity index is 302. The highest BCUT2D eigenvalue weighted by atomic mass is 32.2. The summed E-state index contributed by atoms with van der Waals surface area (Å²) in [5, 5.41) is 7.67. The number of thioether (sulfide) groups is 1. The smallest absolute Gasteiger partial charge is 0.191 e. The Morgan fingerprint density at radius 2 is 2.20 bits per heavy atom. The first-order chi connectivity index (χ1) is 9.78. The van der Waals surface area contributed by atoms with Gasteiger partial charge in [-0.05, 0) is 57.9 Å². The maximum Gasteiger partial charge on any atom is 0.191 e. The van der Waals surface area contributed by atoms with E-state index in [1.54, 1.807) is 0 Å². The monoisotopic (exact) mass is 298 g/mol. The van der Waals surface area contributed by atoms with Crippen LogP contribution in [-0.4, -0.2) is 61.6 Å². The van der Waals surface area contributed by atoms with Crippen molar-refractivity contribution < 1.29 is 0 Å². The Balaban J connectivity index is 1.75. The zero-order valence-corrected chi connectivity index (χ0v) is 13.8. The number of hydrogen-bond acceptors (Lipinski definition) is 3. The van der Waals surface area contributed by atoms with Crippen molar-refractivity contribution in [3.8, 4) is 0 Å². The van der Waals surface area contributed by atoms with E-state index in [1.807, 2.05) is 0 Å². The first-order valence-electron chi connectivity index (χ1n) is 8.10. The van der Waals surface area contributed by atoms with Gasteiger partial charge in [-0.1, -0.05) is 0 Å². The van der Waals surface area contributed by atoms with Crippen molar-refractivity contribution >= 4 is 17.7 Å². The molecular formula is C15H30N4S. The normalized spacial score (nSPS) is 28.6. The molecule has 20 heavy (non-hydrogen) atoms. The molecule has 0 saturated carbocycles. The minimum absolute atomic E-state index is 0.727. The largest absolute Gasteiger partial charge is 0.357 e. The molecular weight excluding hydrogens is 268 g/mol. The van der Waals surface area contributed by atoms with Crippen LogP contribution in [0.1, 0.15) is 32.6 Å². The average molecular weight is 298 g/mol. The summed E-state index contributed by atoms with van der Waals surface area (Å²) in [5.74, 6) is 3.06. The maximum absolute atomic E-state index is 4.79. The van der Waals surface area contributed by atoms with E-state index in [4.69, 9.17) is 4.99 Å². The van der Waals surface area contributed by atoms with Crippen LogP contribution in [0.3, 0.4) is 0 Å². The second-order valence-electron chi connectivity index (χ2n) is 6.01. The molecule has 0 spiro atoms. The summed E-state index contributed by atoms with van der Waals surface area (Å²) in [6.45, 7) is 7.53. The molecule has 0 aromatic heterocycles. The highest BCUT2D eigenvalue weighted by molar-refractivity contribution is 8.00. The summed E-state index contributed by atoms with van der Waals surface area (Å²) < 4.78 is 0. The fourth-order valence-electron chi connectivity index (χ4n) is 3.00. The molecule has 0 bridgehead atoms. The Labute approximate surface area is 128 Å². The Morgan fingerprint density at radius 3 is 2.90 bits per heavy atom. The van der Waals surface area contributed by atoms with Crippen LogP contribution in [0.5, 0.6) is 0 Å². The van der Waals surface area contributed by atoms with E-state index in [1.165, 1.54) is 44.5 Å². The number of likely N-dealkylation sites (tertiary alicyclic amines) is 1. The molecule has 2 saturated heterocycles. The van der Waals surface area contributed by atoms with Gasteiger partial charge in [-0.25, -0.2) is 0 Å². The van der Waals surface area contributed by atoms with Crippen molar-refractivity contribution in [3.05, 3.63) is 0 Å². The van der Waals surface area contributed by atoms with Gasteiger partial charge in [0.1, 0.15) is 0 Å². The van der Waals surface area contributed by atoms with Crippen molar-refractivity contribution in [1.29, 1.82) is 0 Å². The van der Waals surface area contributed by atoms with Crippen LogP contribution in [0.2, 0.25) is 0 Å². The molecule has 2 N–H and O–H groups in total. The number of hydrogen-bond donors (Lipinski definition) is 2. The van der Waals surface area contributed by atoms with Crippen LogP contribution >= 0.6 is 11.8 Å². The van der Waals surface area contributed by atoms with Gasteiger partial charge in [-0.3, -0.25) is 4.99 Å². The standard InChI is InChI=1S/C15H30N4S/c1-3-16-15(18-11-14-7-5-9-20-14)17-10-13-6-4-8-19(2)12-13/h13-14H,3-12H2,1-2H3,(H2,16,17,18).